The maximum absolute atomic E-state index is 12.3. The van der Waals surface area contributed by atoms with Crippen LogP contribution in [0.5, 0.6) is 0 Å². The normalized spacial score (nSPS) is 12.7. The predicted octanol–water partition coefficient (Wildman–Crippen LogP) is 6.79. The third kappa shape index (κ3) is 6.61. The highest BCUT2D eigenvalue weighted by molar-refractivity contribution is 5.90. The fourth-order valence-corrected chi connectivity index (χ4v) is 4.10. The van der Waals surface area contributed by atoms with Crippen molar-refractivity contribution >= 4 is 35.1 Å². The Bertz CT molecular complexity index is 1370. The van der Waals surface area contributed by atoms with Crippen LogP contribution in [0.1, 0.15) is 59.8 Å². The van der Waals surface area contributed by atoms with Gasteiger partial charge in [-0.2, -0.15) is 0 Å². The summed E-state index contributed by atoms with van der Waals surface area (Å²) in [7, 11) is 0. The third-order valence-corrected chi connectivity index (χ3v) is 5.80. The Balaban J connectivity index is 1.53. The molecule has 0 saturated heterocycles. The molecular formula is C29H28N2O6. The Hall–Kier alpha value is -4.46. The summed E-state index contributed by atoms with van der Waals surface area (Å²) in [6, 6.07) is 19.1. The number of rotatable bonds is 6. The lowest BCUT2D eigenvalue weighted by atomic mass is 9.88. The summed E-state index contributed by atoms with van der Waals surface area (Å²) < 4.78 is 10.7. The number of benzene rings is 3. The van der Waals surface area contributed by atoms with Gasteiger partial charge in [-0.05, 0) is 92.3 Å². The van der Waals surface area contributed by atoms with E-state index in [0.29, 0.717) is 23.2 Å². The summed E-state index contributed by atoms with van der Waals surface area (Å²) in [5.41, 5.74) is 4.62. The van der Waals surface area contributed by atoms with Crippen molar-refractivity contribution in [3.05, 3.63) is 105 Å². The van der Waals surface area contributed by atoms with E-state index in [4.69, 9.17) is 9.47 Å². The van der Waals surface area contributed by atoms with Crippen LogP contribution in [0.2, 0.25) is 0 Å². The van der Waals surface area contributed by atoms with Gasteiger partial charge >= 0.3 is 12.1 Å². The van der Waals surface area contributed by atoms with Crippen molar-refractivity contribution in [3.63, 3.8) is 0 Å². The molecule has 1 aliphatic carbocycles. The average molecular weight is 501 g/mol. The maximum atomic E-state index is 12.3. The smallest absolute Gasteiger partial charge is 0.412 e. The number of aryl methyl sites for hydroxylation is 1. The summed E-state index contributed by atoms with van der Waals surface area (Å²) in [4.78, 5) is 35.6. The van der Waals surface area contributed by atoms with Gasteiger partial charge in [0.05, 0.1) is 16.1 Å². The minimum atomic E-state index is -0.584. The standard InChI is InChI=1S/C29H28N2O6/c1-29(2,3)37-28(33)30-25-13-11-21-15-20(9-10-23(21)17-25)22-12-14-26(31(34)35)24(16-22)18-36-27(32)19-7-5-4-6-8-19/h4-8,11-17H,9-10,18H2,1-3H3,(H,30,33). The molecule has 3 aromatic carbocycles. The quantitative estimate of drug-likeness (QED) is 0.227. The zero-order valence-electron chi connectivity index (χ0n) is 20.9. The summed E-state index contributed by atoms with van der Waals surface area (Å²) in [6.07, 6.45) is 2.98. The monoisotopic (exact) mass is 500 g/mol. The first-order chi connectivity index (χ1) is 17.6. The molecule has 3 aromatic rings. The number of fused-ring (bicyclic) bond motifs is 1. The molecular weight excluding hydrogens is 472 g/mol. The molecule has 0 spiro atoms. The van der Waals surface area contributed by atoms with E-state index in [1.165, 1.54) is 6.07 Å². The van der Waals surface area contributed by atoms with E-state index >= 15 is 0 Å². The molecule has 0 aliphatic heterocycles. The molecule has 0 radical (unpaired) electrons. The van der Waals surface area contributed by atoms with Gasteiger partial charge in [0.1, 0.15) is 12.2 Å². The van der Waals surface area contributed by atoms with Crippen molar-refractivity contribution < 1.29 is 24.0 Å². The van der Waals surface area contributed by atoms with E-state index in [2.05, 4.69) is 5.32 Å². The first kappa shape index (κ1) is 25.6. The van der Waals surface area contributed by atoms with Gasteiger partial charge in [0.25, 0.3) is 5.69 Å². The summed E-state index contributed by atoms with van der Waals surface area (Å²) in [5.74, 6) is -0.540. The zero-order valence-corrected chi connectivity index (χ0v) is 20.9. The number of ether oxygens (including phenoxy) is 2. The van der Waals surface area contributed by atoms with Crippen LogP contribution in [-0.4, -0.2) is 22.6 Å². The van der Waals surface area contributed by atoms with Gasteiger partial charge in [0.15, 0.2) is 0 Å². The molecule has 190 valence electrons. The number of anilines is 1. The van der Waals surface area contributed by atoms with Crippen molar-refractivity contribution in [2.45, 2.75) is 45.8 Å². The zero-order chi connectivity index (χ0) is 26.6. The van der Waals surface area contributed by atoms with Crippen molar-refractivity contribution in [3.8, 4) is 0 Å². The van der Waals surface area contributed by atoms with E-state index in [1.54, 1.807) is 42.5 Å². The second kappa shape index (κ2) is 10.7. The number of nitro benzene ring substituents is 1. The topological polar surface area (TPSA) is 108 Å². The first-order valence-electron chi connectivity index (χ1n) is 11.9. The lowest BCUT2D eigenvalue weighted by Gasteiger charge is -2.21. The van der Waals surface area contributed by atoms with Gasteiger partial charge in [0.2, 0.25) is 0 Å². The van der Waals surface area contributed by atoms with Crippen molar-refractivity contribution in [2.24, 2.45) is 0 Å². The lowest BCUT2D eigenvalue weighted by molar-refractivity contribution is -0.385. The lowest BCUT2D eigenvalue weighted by Crippen LogP contribution is -2.27. The molecule has 4 rings (SSSR count). The molecule has 8 heteroatoms. The second-order valence-electron chi connectivity index (χ2n) is 9.75. The molecule has 1 N–H and O–H groups in total. The number of hydrogen-bond donors (Lipinski definition) is 1. The predicted molar refractivity (Wildman–Crippen MR) is 141 cm³/mol. The number of carbonyl (C=O) groups is 2. The molecule has 0 heterocycles. The number of nitrogens with one attached hydrogen (secondary N) is 1. The highest BCUT2D eigenvalue weighted by Gasteiger charge is 2.20. The number of nitrogens with zero attached hydrogens (tertiary/aromatic N) is 1. The Morgan fingerprint density at radius 2 is 1.76 bits per heavy atom. The van der Waals surface area contributed by atoms with E-state index in [0.717, 1.165) is 28.7 Å². The van der Waals surface area contributed by atoms with Crippen LogP contribution in [0.4, 0.5) is 16.2 Å². The van der Waals surface area contributed by atoms with Gasteiger partial charge in [-0.3, -0.25) is 15.4 Å². The minimum absolute atomic E-state index is 0.0979. The van der Waals surface area contributed by atoms with Crippen molar-refractivity contribution in [1.82, 2.24) is 0 Å². The highest BCUT2D eigenvalue weighted by Crippen LogP contribution is 2.34. The third-order valence-electron chi connectivity index (χ3n) is 5.80. The Morgan fingerprint density at radius 1 is 1.00 bits per heavy atom. The minimum Gasteiger partial charge on any atom is -0.457 e. The second-order valence-corrected chi connectivity index (χ2v) is 9.75. The highest BCUT2D eigenvalue weighted by atomic mass is 16.6. The van der Waals surface area contributed by atoms with Crippen LogP contribution in [0.3, 0.4) is 0 Å². The number of amides is 1. The fraction of sp³-hybridized carbons (Fsp3) is 0.241. The van der Waals surface area contributed by atoms with Gasteiger partial charge in [-0.15, -0.1) is 0 Å². The van der Waals surface area contributed by atoms with Crippen LogP contribution >= 0.6 is 0 Å². The van der Waals surface area contributed by atoms with E-state index in [-0.39, 0.29) is 12.3 Å². The largest absolute Gasteiger partial charge is 0.457 e. The maximum Gasteiger partial charge on any atom is 0.412 e. The molecule has 1 aliphatic rings. The van der Waals surface area contributed by atoms with Crippen molar-refractivity contribution in [1.29, 1.82) is 0 Å². The molecule has 0 fully saturated rings. The Kier molecular flexibility index (Phi) is 7.38. The number of carbonyl (C=O) groups excluding carboxylic acids is 2. The molecule has 8 nitrogen and oxygen atoms in total. The molecule has 0 saturated carbocycles. The molecule has 0 aromatic heterocycles. The van der Waals surface area contributed by atoms with E-state index in [9.17, 15) is 19.7 Å². The van der Waals surface area contributed by atoms with Crippen LogP contribution in [0, 0.1) is 10.1 Å². The van der Waals surface area contributed by atoms with Gasteiger partial charge in [-0.1, -0.05) is 30.3 Å². The molecule has 1 amide bonds. The number of hydrogen-bond acceptors (Lipinski definition) is 6. The summed E-state index contributed by atoms with van der Waals surface area (Å²) in [6.45, 7) is 5.22. The van der Waals surface area contributed by atoms with Crippen LogP contribution < -0.4 is 5.32 Å². The fourth-order valence-electron chi connectivity index (χ4n) is 4.10. The summed E-state index contributed by atoms with van der Waals surface area (Å²) >= 11 is 0. The van der Waals surface area contributed by atoms with E-state index < -0.39 is 22.6 Å². The first-order valence-corrected chi connectivity index (χ1v) is 11.9. The average Bonchev–Trinajstić information content (AvgIpc) is 2.86. The van der Waals surface area contributed by atoms with E-state index in [1.807, 2.05) is 45.0 Å². The summed E-state index contributed by atoms with van der Waals surface area (Å²) in [5, 5.41) is 14.3. The Labute approximate surface area is 215 Å². The molecule has 0 bridgehead atoms. The van der Waals surface area contributed by atoms with Crippen LogP contribution in [0.25, 0.3) is 11.6 Å². The number of allylic oxidation sites excluding steroid dienone is 1. The number of esters is 1. The molecule has 0 unspecified atom stereocenters. The Morgan fingerprint density at radius 3 is 2.46 bits per heavy atom. The molecule has 37 heavy (non-hydrogen) atoms. The SMILES string of the molecule is CC(C)(C)OC(=O)Nc1ccc2c(c1)CCC(c1ccc([N+](=O)[O-])c(COC(=O)c3ccccc3)c1)=C2. The van der Waals surface area contributed by atoms with Crippen LogP contribution in [-0.2, 0) is 22.5 Å². The van der Waals surface area contributed by atoms with Gasteiger partial charge in [0, 0.05) is 11.8 Å². The van der Waals surface area contributed by atoms with Crippen LogP contribution in [0.15, 0.2) is 66.7 Å². The van der Waals surface area contributed by atoms with Crippen molar-refractivity contribution in [2.75, 3.05) is 5.32 Å². The number of nitro groups is 1. The van der Waals surface area contributed by atoms with Gasteiger partial charge < -0.3 is 9.47 Å². The molecule has 0 atom stereocenters. The van der Waals surface area contributed by atoms with Gasteiger partial charge in [-0.25, -0.2) is 9.59 Å².